The molecule has 0 bridgehead atoms. The summed E-state index contributed by atoms with van der Waals surface area (Å²) in [6, 6.07) is 2.16. The van der Waals surface area contributed by atoms with Crippen LogP contribution < -0.4 is 5.32 Å². The average Bonchev–Trinajstić information content (AvgIpc) is 2.77. The second-order valence-electron chi connectivity index (χ2n) is 4.51. The molecule has 2 aromatic rings. The Morgan fingerprint density at radius 1 is 1.33 bits per heavy atom. The van der Waals surface area contributed by atoms with Crippen molar-refractivity contribution in [2.75, 3.05) is 13.1 Å². The van der Waals surface area contributed by atoms with Crippen LogP contribution in [0.5, 0.6) is 0 Å². The third kappa shape index (κ3) is 3.67. The van der Waals surface area contributed by atoms with Gasteiger partial charge in [0.25, 0.3) is 0 Å². The number of nitrogens with one attached hydrogen (secondary N) is 1. The number of aryl methyl sites for hydroxylation is 1. The first-order valence-corrected chi connectivity index (χ1v) is 6.40. The fourth-order valence-electron chi connectivity index (χ4n) is 1.93. The second kappa shape index (κ2) is 6.31. The van der Waals surface area contributed by atoms with Gasteiger partial charge in [0.2, 0.25) is 0 Å². The minimum absolute atomic E-state index is 0.836. The van der Waals surface area contributed by atoms with Gasteiger partial charge in [-0.3, -0.25) is 4.98 Å². The molecule has 0 aliphatic carbocycles. The zero-order valence-corrected chi connectivity index (χ0v) is 11.1. The van der Waals surface area contributed by atoms with Gasteiger partial charge in [0.1, 0.15) is 0 Å². The van der Waals surface area contributed by atoms with Gasteiger partial charge >= 0.3 is 0 Å². The van der Waals surface area contributed by atoms with E-state index < -0.39 is 0 Å². The van der Waals surface area contributed by atoms with E-state index in [-0.39, 0.29) is 0 Å². The van der Waals surface area contributed by atoms with Gasteiger partial charge in [0.05, 0.1) is 18.6 Å². The van der Waals surface area contributed by atoms with E-state index in [1.165, 1.54) is 11.1 Å². The Bertz CT molecular complexity index is 490. The number of aromatic nitrogens is 3. The van der Waals surface area contributed by atoms with E-state index >= 15 is 0 Å². The molecule has 2 rings (SSSR count). The van der Waals surface area contributed by atoms with Gasteiger partial charge in [-0.25, -0.2) is 4.98 Å². The molecule has 0 aliphatic rings. The SMILES string of the molecule is CCNCCc1cn(Cc2cncc(C)c2)cn1. The fourth-order valence-corrected chi connectivity index (χ4v) is 1.93. The van der Waals surface area contributed by atoms with Crippen LogP contribution in [0.25, 0.3) is 0 Å². The van der Waals surface area contributed by atoms with Crippen LogP contribution in [0, 0.1) is 6.92 Å². The molecule has 0 spiro atoms. The Balaban J connectivity index is 1.94. The Morgan fingerprint density at radius 3 is 3.00 bits per heavy atom. The van der Waals surface area contributed by atoms with Gasteiger partial charge in [0.15, 0.2) is 0 Å². The number of likely N-dealkylation sites (N-methyl/N-ethyl adjacent to an activating group) is 1. The summed E-state index contributed by atoms with van der Waals surface area (Å²) in [5, 5.41) is 3.30. The van der Waals surface area contributed by atoms with E-state index in [0.29, 0.717) is 0 Å². The number of imidazole rings is 1. The van der Waals surface area contributed by atoms with Crippen molar-refractivity contribution >= 4 is 0 Å². The first-order chi connectivity index (χ1) is 8.78. The van der Waals surface area contributed by atoms with Crippen LogP contribution in [0.2, 0.25) is 0 Å². The smallest absolute Gasteiger partial charge is 0.0952 e. The lowest BCUT2D eigenvalue weighted by Crippen LogP contribution is -2.16. The van der Waals surface area contributed by atoms with Crippen LogP contribution in [0.3, 0.4) is 0 Å². The molecule has 0 saturated carbocycles. The summed E-state index contributed by atoms with van der Waals surface area (Å²) in [5.74, 6) is 0. The standard InChI is InChI=1S/C14H20N4/c1-3-15-5-4-14-10-18(11-17-14)9-13-6-12(2)7-16-8-13/h6-8,10-11,15H,3-5,9H2,1-2H3. The first kappa shape index (κ1) is 12.8. The Kier molecular flexibility index (Phi) is 4.47. The summed E-state index contributed by atoms with van der Waals surface area (Å²) in [6.07, 6.45) is 8.76. The number of rotatable bonds is 6. The highest BCUT2D eigenvalue weighted by atomic mass is 15.0. The molecule has 4 heteroatoms. The van der Waals surface area contributed by atoms with Gasteiger partial charge in [-0.15, -0.1) is 0 Å². The third-order valence-corrected chi connectivity index (χ3v) is 2.79. The normalized spacial score (nSPS) is 10.8. The van der Waals surface area contributed by atoms with E-state index in [1.807, 2.05) is 18.7 Å². The van der Waals surface area contributed by atoms with Crippen LogP contribution in [-0.2, 0) is 13.0 Å². The predicted octanol–water partition coefficient (Wildman–Crippen LogP) is 1.79. The topological polar surface area (TPSA) is 42.7 Å². The largest absolute Gasteiger partial charge is 0.333 e. The van der Waals surface area contributed by atoms with Gasteiger partial charge in [-0.1, -0.05) is 13.0 Å². The van der Waals surface area contributed by atoms with Crippen molar-refractivity contribution < 1.29 is 0 Å². The minimum Gasteiger partial charge on any atom is -0.333 e. The third-order valence-electron chi connectivity index (χ3n) is 2.79. The number of hydrogen-bond donors (Lipinski definition) is 1. The predicted molar refractivity (Wildman–Crippen MR) is 72.6 cm³/mol. The van der Waals surface area contributed by atoms with Crippen molar-refractivity contribution in [1.82, 2.24) is 19.9 Å². The second-order valence-corrected chi connectivity index (χ2v) is 4.51. The van der Waals surface area contributed by atoms with Crippen molar-refractivity contribution in [3.8, 4) is 0 Å². The van der Waals surface area contributed by atoms with Crippen LogP contribution in [0.4, 0.5) is 0 Å². The lowest BCUT2D eigenvalue weighted by atomic mass is 10.2. The van der Waals surface area contributed by atoms with E-state index in [2.05, 4.69) is 46.0 Å². The molecule has 0 saturated heterocycles. The maximum atomic E-state index is 4.41. The van der Waals surface area contributed by atoms with Crippen LogP contribution in [-0.4, -0.2) is 27.6 Å². The van der Waals surface area contributed by atoms with E-state index in [0.717, 1.165) is 31.7 Å². The molecule has 18 heavy (non-hydrogen) atoms. The Labute approximate surface area is 108 Å². The first-order valence-electron chi connectivity index (χ1n) is 6.40. The van der Waals surface area contributed by atoms with Gasteiger partial charge < -0.3 is 9.88 Å². The van der Waals surface area contributed by atoms with E-state index in [9.17, 15) is 0 Å². The molecule has 2 heterocycles. The summed E-state index contributed by atoms with van der Waals surface area (Å²) < 4.78 is 2.11. The summed E-state index contributed by atoms with van der Waals surface area (Å²) >= 11 is 0. The lowest BCUT2D eigenvalue weighted by molar-refractivity contribution is 0.708. The summed E-state index contributed by atoms with van der Waals surface area (Å²) in [5.41, 5.74) is 3.54. The molecule has 0 aliphatic heterocycles. The van der Waals surface area contributed by atoms with Crippen molar-refractivity contribution in [1.29, 1.82) is 0 Å². The molecule has 1 N–H and O–H groups in total. The number of pyridine rings is 1. The highest BCUT2D eigenvalue weighted by molar-refractivity contribution is 5.17. The molecule has 0 amide bonds. The molecular weight excluding hydrogens is 224 g/mol. The van der Waals surface area contributed by atoms with Crippen LogP contribution in [0.15, 0.2) is 31.0 Å². The van der Waals surface area contributed by atoms with Gasteiger partial charge in [-0.2, -0.15) is 0 Å². The van der Waals surface area contributed by atoms with Gasteiger partial charge in [-0.05, 0) is 24.6 Å². The van der Waals surface area contributed by atoms with Crippen molar-refractivity contribution in [2.24, 2.45) is 0 Å². The van der Waals surface area contributed by atoms with E-state index in [1.54, 1.807) is 0 Å². The highest BCUT2D eigenvalue weighted by Gasteiger charge is 2.00. The quantitative estimate of drug-likeness (QED) is 0.788. The fraction of sp³-hybridized carbons (Fsp3) is 0.429. The zero-order valence-electron chi connectivity index (χ0n) is 11.1. The maximum absolute atomic E-state index is 4.41. The summed E-state index contributed by atoms with van der Waals surface area (Å²) in [4.78, 5) is 8.61. The molecule has 0 atom stereocenters. The van der Waals surface area contributed by atoms with Crippen molar-refractivity contribution in [3.05, 3.63) is 47.8 Å². The van der Waals surface area contributed by atoms with Crippen molar-refractivity contribution in [2.45, 2.75) is 26.8 Å². The number of nitrogens with zero attached hydrogens (tertiary/aromatic N) is 3. The molecular formula is C14H20N4. The molecule has 4 nitrogen and oxygen atoms in total. The molecule has 2 aromatic heterocycles. The van der Waals surface area contributed by atoms with Gasteiger partial charge in [0, 0.05) is 31.6 Å². The lowest BCUT2D eigenvalue weighted by Gasteiger charge is -2.02. The zero-order chi connectivity index (χ0) is 12.8. The Morgan fingerprint density at radius 2 is 2.22 bits per heavy atom. The van der Waals surface area contributed by atoms with Crippen LogP contribution in [0.1, 0.15) is 23.7 Å². The molecule has 0 aromatic carbocycles. The summed E-state index contributed by atoms with van der Waals surface area (Å²) in [6.45, 7) is 7.01. The average molecular weight is 244 g/mol. The molecule has 96 valence electrons. The van der Waals surface area contributed by atoms with Crippen molar-refractivity contribution in [3.63, 3.8) is 0 Å². The summed E-state index contributed by atoms with van der Waals surface area (Å²) in [7, 11) is 0. The molecule has 0 fully saturated rings. The highest BCUT2D eigenvalue weighted by Crippen LogP contribution is 2.05. The number of hydrogen-bond acceptors (Lipinski definition) is 3. The Hall–Kier alpha value is -1.68. The van der Waals surface area contributed by atoms with Crippen LogP contribution >= 0.6 is 0 Å². The monoisotopic (exact) mass is 244 g/mol. The van der Waals surface area contributed by atoms with E-state index in [4.69, 9.17) is 0 Å². The molecule has 0 unspecified atom stereocenters. The maximum Gasteiger partial charge on any atom is 0.0952 e. The minimum atomic E-state index is 0.836. The molecule has 0 radical (unpaired) electrons.